The molecule has 13 rings (SSSR count). The minimum absolute atomic E-state index is 0.380. The molecule has 6 unspecified atom stereocenters. The molecule has 8 aliphatic rings. The molecule has 8 bridgehead atoms. The Morgan fingerprint density at radius 1 is 0.542 bits per heavy atom. The molecular formula is C54H67N2P3. The Labute approximate surface area is 360 Å². The van der Waals surface area contributed by atoms with Crippen LogP contribution >= 0.6 is 25.1 Å². The van der Waals surface area contributed by atoms with Crippen molar-refractivity contribution in [3.63, 3.8) is 0 Å². The first-order valence-corrected chi connectivity index (χ1v) is 27.0. The summed E-state index contributed by atoms with van der Waals surface area (Å²) in [6, 6.07) is 36.6. The molecule has 5 heteroatoms. The van der Waals surface area contributed by atoms with Crippen molar-refractivity contribution in [3.8, 4) is 0 Å². The van der Waals surface area contributed by atoms with Crippen molar-refractivity contribution in [1.82, 2.24) is 9.97 Å². The fourth-order valence-corrected chi connectivity index (χ4v) is 24.1. The lowest BCUT2D eigenvalue weighted by Gasteiger charge is -2.68. The van der Waals surface area contributed by atoms with Crippen molar-refractivity contribution in [2.24, 2.45) is 45.3 Å². The van der Waals surface area contributed by atoms with Crippen molar-refractivity contribution in [3.05, 3.63) is 108 Å². The second kappa shape index (κ2) is 14.1. The molecule has 0 spiro atoms. The largest absolute Gasteiger partial charge is 0.248 e. The van der Waals surface area contributed by atoms with E-state index in [2.05, 4.69) is 139 Å². The molecule has 0 aliphatic heterocycles. The van der Waals surface area contributed by atoms with Crippen LogP contribution in [0.4, 0.5) is 0 Å². The minimum atomic E-state index is -0.842. The predicted molar refractivity (Wildman–Crippen MR) is 258 cm³/mol. The SMILES string of the molecule is CC(C)(C)C12CC3CC(CC(PC(PC45CC6CC(C4)CC(C(C)(C)C)(C6)C5)c4ccccc4CP(c4ccc5ccccc5n4)c4ccc5ccccc5n4)(C3)C1)C2. The highest BCUT2D eigenvalue weighted by molar-refractivity contribution is 7.71. The number of aromatic nitrogens is 2. The number of hydrogen-bond donors (Lipinski definition) is 0. The molecule has 0 saturated heterocycles. The molecule has 8 fully saturated rings. The summed E-state index contributed by atoms with van der Waals surface area (Å²) >= 11 is 0. The highest BCUT2D eigenvalue weighted by Gasteiger charge is 2.64. The van der Waals surface area contributed by atoms with Crippen LogP contribution in [0.25, 0.3) is 21.8 Å². The maximum atomic E-state index is 5.45. The van der Waals surface area contributed by atoms with Crippen LogP contribution in [0.5, 0.6) is 0 Å². The van der Waals surface area contributed by atoms with Gasteiger partial charge in [0.05, 0.1) is 21.9 Å². The van der Waals surface area contributed by atoms with Gasteiger partial charge in [0.15, 0.2) is 0 Å². The maximum absolute atomic E-state index is 5.45. The number of benzene rings is 3. The Morgan fingerprint density at radius 3 is 1.42 bits per heavy atom. The van der Waals surface area contributed by atoms with Gasteiger partial charge >= 0.3 is 0 Å². The predicted octanol–water partition coefficient (Wildman–Crippen LogP) is 14.5. The van der Waals surface area contributed by atoms with Gasteiger partial charge in [0.25, 0.3) is 0 Å². The molecule has 6 atom stereocenters. The van der Waals surface area contributed by atoms with E-state index in [0.29, 0.717) is 37.4 Å². The molecule has 3 aromatic carbocycles. The molecule has 8 aliphatic carbocycles. The summed E-state index contributed by atoms with van der Waals surface area (Å²) in [6.45, 7) is 15.6. The zero-order chi connectivity index (χ0) is 40.4. The zero-order valence-corrected chi connectivity index (χ0v) is 39.6. The molecular weight excluding hydrogens is 770 g/mol. The van der Waals surface area contributed by atoms with Gasteiger partial charge in [-0.2, -0.15) is 0 Å². The fourth-order valence-electron chi connectivity index (χ4n) is 15.2. The number of nitrogens with zero attached hydrogens (tertiary/aromatic N) is 2. The lowest BCUT2D eigenvalue weighted by Crippen LogP contribution is -2.58. The normalized spacial score (nSPS) is 34.4. The topological polar surface area (TPSA) is 25.8 Å². The average Bonchev–Trinajstić information content (AvgIpc) is 3.17. The third-order valence-electron chi connectivity index (χ3n) is 17.6. The van der Waals surface area contributed by atoms with E-state index in [-0.39, 0.29) is 0 Å². The van der Waals surface area contributed by atoms with E-state index >= 15 is 0 Å². The van der Waals surface area contributed by atoms with Crippen LogP contribution in [-0.2, 0) is 6.16 Å². The summed E-state index contributed by atoms with van der Waals surface area (Å²) in [7, 11) is 1.22. The van der Waals surface area contributed by atoms with Gasteiger partial charge in [-0.1, -0.05) is 114 Å². The van der Waals surface area contributed by atoms with Crippen molar-refractivity contribution in [2.75, 3.05) is 0 Å². The van der Waals surface area contributed by atoms with Gasteiger partial charge in [0.1, 0.15) is 0 Å². The lowest BCUT2D eigenvalue weighted by atomic mass is 9.43. The Bertz CT molecular complexity index is 2230. The monoisotopic (exact) mass is 836 g/mol. The molecule has 2 heterocycles. The molecule has 308 valence electrons. The molecule has 0 N–H and O–H groups in total. The van der Waals surface area contributed by atoms with Gasteiger partial charge in [-0.05, 0) is 168 Å². The first kappa shape index (κ1) is 39.6. The average molecular weight is 837 g/mol. The number of rotatable bonds is 9. The van der Waals surface area contributed by atoms with E-state index < -0.39 is 7.92 Å². The Morgan fingerprint density at radius 2 is 0.966 bits per heavy atom. The summed E-state index contributed by atoms with van der Waals surface area (Å²) in [5, 5.41) is 4.10. The van der Waals surface area contributed by atoms with Crippen LogP contribution < -0.4 is 10.9 Å². The van der Waals surface area contributed by atoms with Gasteiger partial charge in [-0.15, -0.1) is 17.2 Å². The quantitative estimate of drug-likeness (QED) is 0.138. The van der Waals surface area contributed by atoms with Gasteiger partial charge in [-0.3, -0.25) is 0 Å². The summed E-state index contributed by atoms with van der Waals surface area (Å²) < 4.78 is 0. The second-order valence-electron chi connectivity index (χ2n) is 23.3. The Hall–Kier alpha value is -2.23. The van der Waals surface area contributed by atoms with Crippen LogP contribution in [-0.4, -0.2) is 20.3 Å². The zero-order valence-electron chi connectivity index (χ0n) is 36.7. The van der Waals surface area contributed by atoms with E-state index in [0.717, 1.165) is 58.0 Å². The molecule has 5 aromatic rings. The van der Waals surface area contributed by atoms with Crippen LogP contribution in [0.3, 0.4) is 0 Å². The second-order valence-corrected chi connectivity index (χ2v) is 29.8. The van der Waals surface area contributed by atoms with E-state index in [4.69, 9.17) is 9.97 Å². The molecule has 8 saturated carbocycles. The standard InChI is InChI=1S/C54H67N2P3/c1-49(2,3)51-25-36-23-37(26-51)30-53(29-36,34-51)57-48(58-54-31-38-24-39(32-54)28-52(27-38,35-54)50(4,5)6)43-16-10-7-15-42(43)33-59(46-21-19-40-13-8-11-17-44(40)55-46)47-22-20-41-14-9-12-18-45(41)56-47/h7-22,36-39,48,57-58H,23-35H2,1-6H3. The van der Waals surface area contributed by atoms with Crippen LogP contribution in [0.2, 0.25) is 0 Å². The third-order valence-corrected chi connectivity index (χ3v) is 24.3. The molecule has 2 aromatic heterocycles. The van der Waals surface area contributed by atoms with E-state index in [9.17, 15) is 0 Å². The van der Waals surface area contributed by atoms with Crippen LogP contribution in [0.15, 0.2) is 97.1 Å². The van der Waals surface area contributed by atoms with Gasteiger partial charge in [0, 0.05) is 30.3 Å². The summed E-state index contributed by atoms with van der Waals surface area (Å²) in [4.78, 5) is 10.9. The third kappa shape index (κ3) is 6.91. The van der Waals surface area contributed by atoms with Crippen molar-refractivity contribution in [1.29, 1.82) is 0 Å². The van der Waals surface area contributed by atoms with E-state index in [1.54, 1.807) is 11.1 Å². The number of para-hydroxylation sites is 2. The highest BCUT2D eigenvalue weighted by atomic mass is 31.1. The van der Waals surface area contributed by atoms with Crippen LogP contribution in [0.1, 0.15) is 135 Å². The Balaban J connectivity index is 1.02. The van der Waals surface area contributed by atoms with Gasteiger partial charge < -0.3 is 0 Å². The van der Waals surface area contributed by atoms with E-state index in [1.165, 1.54) is 98.7 Å². The number of fused-ring (bicyclic) bond motifs is 2. The fraction of sp³-hybridized carbons (Fsp3) is 0.556. The Kier molecular flexibility index (Phi) is 9.49. The molecule has 2 nitrogen and oxygen atoms in total. The van der Waals surface area contributed by atoms with E-state index in [1.807, 2.05) is 0 Å². The molecule has 59 heavy (non-hydrogen) atoms. The van der Waals surface area contributed by atoms with Crippen LogP contribution in [0, 0.1) is 45.3 Å². The molecule has 0 amide bonds. The first-order chi connectivity index (χ1) is 28.2. The van der Waals surface area contributed by atoms with Crippen molar-refractivity contribution >= 4 is 57.8 Å². The first-order valence-electron chi connectivity index (χ1n) is 23.3. The number of hydrogen-bond acceptors (Lipinski definition) is 2. The maximum Gasteiger partial charge on any atom is 0.0709 e. The number of pyridine rings is 2. The van der Waals surface area contributed by atoms with Crippen molar-refractivity contribution in [2.45, 2.75) is 140 Å². The summed E-state index contributed by atoms with van der Waals surface area (Å²) in [6.07, 6.45) is 19.0. The highest BCUT2D eigenvalue weighted by Crippen LogP contribution is 2.78. The minimum Gasteiger partial charge on any atom is -0.248 e. The summed E-state index contributed by atoms with van der Waals surface area (Å²) in [5.74, 6) is 3.77. The van der Waals surface area contributed by atoms with Gasteiger partial charge in [0.2, 0.25) is 0 Å². The lowest BCUT2D eigenvalue weighted by molar-refractivity contribution is -0.103. The van der Waals surface area contributed by atoms with Crippen molar-refractivity contribution < 1.29 is 0 Å². The summed E-state index contributed by atoms with van der Waals surface area (Å²) in [5.41, 5.74) is 9.69. The smallest absolute Gasteiger partial charge is 0.0709 e. The molecule has 0 radical (unpaired) electrons. The van der Waals surface area contributed by atoms with Gasteiger partial charge in [-0.25, -0.2) is 9.97 Å².